The molecule has 7 heteroatoms. The predicted molar refractivity (Wildman–Crippen MR) is 76.7 cm³/mol. The predicted octanol–water partition coefficient (Wildman–Crippen LogP) is -0.0647. The lowest BCUT2D eigenvalue weighted by Crippen LogP contribution is -2.52. The number of thiophene rings is 1. The first kappa shape index (κ1) is 15.2. The van der Waals surface area contributed by atoms with Crippen molar-refractivity contribution in [3.63, 3.8) is 0 Å². The van der Waals surface area contributed by atoms with Crippen LogP contribution in [-0.2, 0) is 9.59 Å². The number of piperidine rings is 1. The zero-order chi connectivity index (χ0) is 15.4. The molecule has 0 spiro atoms. The molecule has 0 radical (unpaired) electrons. The highest BCUT2D eigenvalue weighted by Crippen LogP contribution is 2.21. The molecular formula is C14H14N2O4S. The number of hydrogen-bond acceptors (Lipinski definition) is 5. The van der Waals surface area contributed by atoms with Gasteiger partial charge in [-0.3, -0.25) is 19.7 Å². The van der Waals surface area contributed by atoms with Gasteiger partial charge in [-0.2, -0.15) is 0 Å². The first-order chi connectivity index (χ1) is 10.0. The van der Waals surface area contributed by atoms with E-state index < -0.39 is 11.9 Å². The highest BCUT2D eigenvalue weighted by Gasteiger charge is 2.28. The number of carbonyl (C=O) groups is 3. The molecule has 1 saturated heterocycles. The van der Waals surface area contributed by atoms with E-state index in [1.54, 1.807) is 6.07 Å². The molecule has 6 nitrogen and oxygen atoms in total. The van der Waals surface area contributed by atoms with Crippen LogP contribution in [-0.4, -0.2) is 35.5 Å². The van der Waals surface area contributed by atoms with Gasteiger partial charge < -0.3 is 10.4 Å². The first-order valence-electron chi connectivity index (χ1n) is 6.36. The van der Waals surface area contributed by atoms with Gasteiger partial charge in [-0.15, -0.1) is 11.3 Å². The summed E-state index contributed by atoms with van der Waals surface area (Å²) in [6.45, 7) is 1.58. The summed E-state index contributed by atoms with van der Waals surface area (Å²) in [5.41, 5.74) is 0.842. The summed E-state index contributed by atoms with van der Waals surface area (Å²) in [7, 11) is 0. The van der Waals surface area contributed by atoms with E-state index in [4.69, 9.17) is 5.11 Å². The third kappa shape index (κ3) is 3.68. The van der Waals surface area contributed by atoms with Crippen molar-refractivity contribution >= 4 is 29.1 Å². The lowest BCUT2D eigenvalue weighted by molar-refractivity contribution is -0.134. The summed E-state index contributed by atoms with van der Waals surface area (Å²) in [6, 6.07) is 0.998. The Hall–Kier alpha value is -2.17. The van der Waals surface area contributed by atoms with Crippen molar-refractivity contribution in [1.29, 1.82) is 0 Å². The second-order valence-corrected chi connectivity index (χ2v) is 5.61. The fourth-order valence-corrected chi connectivity index (χ4v) is 2.85. The van der Waals surface area contributed by atoms with Crippen molar-refractivity contribution in [2.45, 2.75) is 25.8 Å². The SMILES string of the molecule is Cc1cc(C(=O)NC2CCC(=O)NC2=O)sc1C#CCO. The van der Waals surface area contributed by atoms with Crippen LogP contribution in [0.15, 0.2) is 6.07 Å². The van der Waals surface area contributed by atoms with Gasteiger partial charge in [-0.1, -0.05) is 11.8 Å². The monoisotopic (exact) mass is 306 g/mol. The van der Waals surface area contributed by atoms with Crippen molar-refractivity contribution in [1.82, 2.24) is 10.6 Å². The molecule has 1 aromatic heterocycles. The number of aliphatic hydroxyl groups is 1. The fourth-order valence-electron chi connectivity index (χ4n) is 1.90. The summed E-state index contributed by atoms with van der Waals surface area (Å²) in [5, 5.41) is 13.5. The van der Waals surface area contributed by atoms with Gasteiger partial charge in [0.05, 0.1) is 9.75 Å². The Morgan fingerprint density at radius 2 is 2.33 bits per heavy atom. The maximum atomic E-state index is 12.1. The quantitative estimate of drug-likeness (QED) is 0.527. The van der Waals surface area contributed by atoms with Crippen molar-refractivity contribution in [2.75, 3.05) is 6.61 Å². The minimum atomic E-state index is -0.690. The molecule has 110 valence electrons. The highest BCUT2D eigenvalue weighted by atomic mass is 32.1. The average molecular weight is 306 g/mol. The van der Waals surface area contributed by atoms with Crippen molar-refractivity contribution < 1.29 is 19.5 Å². The number of aliphatic hydroxyl groups excluding tert-OH is 1. The Labute approximate surface area is 125 Å². The highest BCUT2D eigenvalue weighted by molar-refractivity contribution is 7.14. The van der Waals surface area contributed by atoms with Gasteiger partial charge in [0, 0.05) is 6.42 Å². The molecule has 2 heterocycles. The fraction of sp³-hybridized carbons (Fsp3) is 0.357. The van der Waals surface area contributed by atoms with Gasteiger partial charge >= 0.3 is 0 Å². The van der Waals surface area contributed by atoms with Crippen molar-refractivity contribution in [2.24, 2.45) is 0 Å². The van der Waals surface area contributed by atoms with Crippen molar-refractivity contribution in [3.05, 3.63) is 21.4 Å². The second-order valence-electron chi connectivity index (χ2n) is 4.56. The van der Waals surface area contributed by atoms with Crippen molar-refractivity contribution in [3.8, 4) is 11.8 Å². The molecule has 3 N–H and O–H groups in total. The number of hydrogen-bond donors (Lipinski definition) is 3. The number of rotatable bonds is 2. The number of aryl methyl sites for hydroxylation is 1. The molecule has 1 fully saturated rings. The minimum absolute atomic E-state index is 0.216. The molecule has 0 bridgehead atoms. The van der Waals surface area contributed by atoms with Gasteiger partial charge in [-0.05, 0) is 25.0 Å². The Bertz CT molecular complexity index is 654. The molecule has 1 aromatic rings. The van der Waals surface area contributed by atoms with Gasteiger partial charge in [0.1, 0.15) is 12.6 Å². The van der Waals surface area contributed by atoms with E-state index in [-0.39, 0.29) is 24.8 Å². The molecular weight excluding hydrogens is 292 g/mol. The second kappa shape index (κ2) is 6.52. The zero-order valence-corrected chi connectivity index (χ0v) is 12.2. The Balaban J connectivity index is 2.07. The zero-order valence-electron chi connectivity index (χ0n) is 11.4. The van der Waals surface area contributed by atoms with E-state index in [9.17, 15) is 14.4 Å². The third-order valence-electron chi connectivity index (χ3n) is 2.97. The van der Waals surface area contributed by atoms with E-state index in [1.807, 2.05) is 6.92 Å². The van der Waals surface area contributed by atoms with Crippen LogP contribution < -0.4 is 10.6 Å². The van der Waals surface area contributed by atoms with Crippen LogP contribution >= 0.6 is 11.3 Å². The van der Waals surface area contributed by atoms with Crippen LogP contribution in [0.4, 0.5) is 0 Å². The molecule has 0 aliphatic carbocycles. The molecule has 0 aromatic carbocycles. The van der Waals surface area contributed by atoms with E-state index in [1.165, 1.54) is 11.3 Å². The maximum Gasteiger partial charge on any atom is 0.262 e. The summed E-state index contributed by atoms with van der Waals surface area (Å²) < 4.78 is 0. The molecule has 1 aliphatic rings. The van der Waals surface area contributed by atoms with Gasteiger partial charge in [0.15, 0.2) is 0 Å². The standard InChI is InChI=1S/C14H14N2O4S/c1-8-7-11(21-10(8)3-2-6-17)14(20)15-9-4-5-12(18)16-13(9)19/h7,9,17H,4-6H2,1H3,(H,15,20)(H,16,18,19). The van der Waals surface area contributed by atoms with Gasteiger partial charge in [0.2, 0.25) is 11.8 Å². The minimum Gasteiger partial charge on any atom is -0.384 e. The summed E-state index contributed by atoms with van der Waals surface area (Å²) in [4.78, 5) is 35.9. The molecule has 1 atom stereocenters. The third-order valence-corrected chi connectivity index (χ3v) is 4.12. The number of imide groups is 1. The lowest BCUT2D eigenvalue weighted by atomic mass is 10.1. The number of carbonyl (C=O) groups excluding carboxylic acids is 3. The van der Waals surface area contributed by atoms with E-state index >= 15 is 0 Å². The summed E-state index contributed by atoms with van der Waals surface area (Å²) >= 11 is 1.20. The van der Waals surface area contributed by atoms with E-state index in [0.29, 0.717) is 16.2 Å². The number of amides is 3. The Morgan fingerprint density at radius 1 is 1.57 bits per heavy atom. The molecule has 3 amide bonds. The maximum absolute atomic E-state index is 12.1. The van der Waals surface area contributed by atoms with Crippen LogP contribution in [0.1, 0.15) is 33.0 Å². The van der Waals surface area contributed by atoms with Crippen LogP contribution in [0.3, 0.4) is 0 Å². The molecule has 2 rings (SSSR count). The average Bonchev–Trinajstić information content (AvgIpc) is 2.81. The largest absolute Gasteiger partial charge is 0.384 e. The first-order valence-corrected chi connectivity index (χ1v) is 7.17. The smallest absolute Gasteiger partial charge is 0.262 e. The van der Waals surface area contributed by atoms with Crippen LogP contribution in [0, 0.1) is 18.8 Å². The molecule has 1 aliphatic heterocycles. The normalized spacial score (nSPS) is 17.7. The molecule has 21 heavy (non-hydrogen) atoms. The number of nitrogens with one attached hydrogen (secondary N) is 2. The Kier molecular flexibility index (Phi) is 4.73. The summed E-state index contributed by atoms with van der Waals surface area (Å²) in [6.07, 6.45) is 0.519. The Morgan fingerprint density at radius 3 is 3.00 bits per heavy atom. The summed E-state index contributed by atoms with van der Waals surface area (Å²) in [5.74, 6) is 4.14. The van der Waals surface area contributed by atoms with Crippen LogP contribution in [0.25, 0.3) is 0 Å². The lowest BCUT2D eigenvalue weighted by Gasteiger charge is -2.21. The molecule has 1 unspecified atom stereocenters. The molecule has 0 saturated carbocycles. The topological polar surface area (TPSA) is 95.5 Å². The van der Waals surface area contributed by atoms with E-state index in [0.717, 1.165) is 5.56 Å². The van der Waals surface area contributed by atoms with E-state index in [2.05, 4.69) is 22.5 Å². The van der Waals surface area contributed by atoms with Crippen LogP contribution in [0.5, 0.6) is 0 Å². The van der Waals surface area contributed by atoms with Crippen LogP contribution in [0.2, 0.25) is 0 Å². The van der Waals surface area contributed by atoms with Gasteiger partial charge in [0.25, 0.3) is 5.91 Å². The van der Waals surface area contributed by atoms with Gasteiger partial charge in [-0.25, -0.2) is 0 Å².